The van der Waals surface area contributed by atoms with E-state index in [1.54, 1.807) is 11.8 Å². The number of amides is 1. The van der Waals surface area contributed by atoms with Crippen molar-refractivity contribution in [3.8, 4) is 0 Å². The lowest BCUT2D eigenvalue weighted by atomic mass is 10.2. The molecule has 0 atom stereocenters. The number of fused-ring (bicyclic) bond motifs is 1. The zero-order valence-corrected chi connectivity index (χ0v) is 12.7. The molecule has 2 aromatic rings. The van der Waals surface area contributed by atoms with E-state index in [-0.39, 0.29) is 5.91 Å². The fourth-order valence-electron chi connectivity index (χ4n) is 2.54. The van der Waals surface area contributed by atoms with Crippen molar-refractivity contribution in [1.29, 1.82) is 0 Å². The average Bonchev–Trinajstić information content (AvgIpc) is 2.97. The molecule has 21 heavy (non-hydrogen) atoms. The minimum Gasteiger partial charge on any atom is -0.306 e. The van der Waals surface area contributed by atoms with Crippen LogP contribution in [0.1, 0.15) is 35.0 Å². The van der Waals surface area contributed by atoms with E-state index in [9.17, 15) is 4.79 Å². The van der Waals surface area contributed by atoms with E-state index < -0.39 is 0 Å². The van der Waals surface area contributed by atoms with Gasteiger partial charge in [-0.15, -0.1) is 11.8 Å². The smallest absolute Gasteiger partial charge is 0.256 e. The van der Waals surface area contributed by atoms with Gasteiger partial charge in [0, 0.05) is 21.7 Å². The number of nitrogens with one attached hydrogen (secondary N) is 1. The molecule has 3 rings (SSSR count). The van der Waals surface area contributed by atoms with Gasteiger partial charge >= 0.3 is 0 Å². The van der Waals surface area contributed by atoms with Gasteiger partial charge in [0.2, 0.25) is 0 Å². The van der Waals surface area contributed by atoms with E-state index in [0.29, 0.717) is 11.4 Å². The third kappa shape index (κ3) is 3.08. The van der Waals surface area contributed by atoms with Crippen LogP contribution in [0.4, 0.5) is 5.82 Å². The summed E-state index contributed by atoms with van der Waals surface area (Å²) < 4.78 is 0. The first-order valence-electron chi connectivity index (χ1n) is 7.15. The van der Waals surface area contributed by atoms with Crippen LogP contribution in [0.15, 0.2) is 35.5 Å². The van der Waals surface area contributed by atoms with Crippen LogP contribution in [0.25, 0.3) is 0 Å². The molecule has 0 saturated carbocycles. The van der Waals surface area contributed by atoms with Crippen molar-refractivity contribution in [3.63, 3.8) is 0 Å². The van der Waals surface area contributed by atoms with E-state index in [1.807, 2.05) is 24.3 Å². The first-order valence-corrected chi connectivity index (χ1v) is 8.13. The lowest BCUT2D eigenvalue weighted by molar-refractivity contribution is 0.102. The van der Waals surface area contributed by atoms with Gasteiger partial charge in [-0.1, -0.05) is 13.0 Å². The standard InChI is InChI=1S/C16H17N3OS/c1-2-21-12-6-3-5-11(9-12)16(20)19-15-13-7-4-8-14(13)17-10-18-15/h3,5-6,9-10H,2,4,7-8H2,1H3,(H,17,18,19,20). The second kappa shape index (κ2) is 6.26. The number of anilines is 1. The second-order valence-electron chi connectivity index (χ2n) is 4.92. The largest absolute Gasteiger partial charge is 0.306 e. The van der Waals surface area contributed by atoms with Crippen LogP contribution in [-0.2, 0) is 12.8 Å². The van der Waals surface area contributed by atoms with Gasteiger partial charge in [-0.25, -0.2) is 9.97 Å². The van der Waals surface area contributed by atoms with Crippen LogP contribution in [0, 0.1) is 0 Å². The Labute approximate surface area is 128 Å². The zero-order valence-electron chi connectivity index (χ0n) is 11.9. The van der Waals surface area contributed by atoms with Crippen molar-refractivity contribution in [2.24, 2.45) is 0 Å². The quantitative estimate of drug-likeness (QED) is 0.880. The molecule has 1 amide bonds. The molecule has 0 unspecified atom stereocenters. The summed E-state index contributed by atoms with van der Waals surface area (Å²) in [4.78, 5) is 22.0. The third-order valence-corrected chi connectivity index (χ3v) is 4.39. The van der Waals surface area contributed by atoms with E-state index >= 15 is 0 Å². The summed E-state index contributed by atoms with van der Waals surface area (Å²) in [5.74, 6) is 1.54. The normalized spacial score (nSPS) is 13.0. The van der Waals surface area contributed by atoms with Crippen molar-refractivity contribution in [2.75, 3.05) is 11.1 Å². The van der Waals surface area contributed by atoms with Crippen LogP contribution >= 0.6 is 11.8 Å². The van der Waals surface area contributed by atoms with Crippen molar-refractivity contribution in [2.45, 2.75) is 31.1 Å². The lowest BCUT2D eigenvalue weighted by Crippen LogP contribution is -2.15. The molecular weight excluding hydrogens is 282 g/mol. The van der Waals surface area contributed by atoms with Crippen LogP contribution in [-0.4, -0.2) is 21.6 Å². The highest BCUT2D eigenvalue weighted by Gasteiger charge is 2.18. The highest BCUT2D eigenvalue weighted by atomic mass is 32.2. The van der Waals surface area contributed by atoms with Gasteiger partial charge in [-0.05, 0) is 43.2 Å². The number of thioether (sulfide) groups is 1. The number of hydrogen-bond acceptors (Lipinski definition) is 4. The number of rotatable bonds is 4. The predicted octanol–water partition coefficient (Wildman–Crippen LogP) is 3.33. The molecule has 108 valence electrons. The molecule has 1 aromatic heterocycles. The highest BCUT2D eigenvalue weighted by molar-refractivity contribution is 7.99. The number of carbonyl (C=O) groups is 1. The SMILES string of the molecule is CCSc1cccc(C(=O)Nc2ncnc3c2CCC3)c1. The van der Waals surface area contributed by atoms with Crippen LogP contribution in [0.5, 0.6) is 0 Å². The number of nitrogens with zero attached hydrogens (tertiary/aromatic N) is 2. The van der Waals surface area contributed by atoms with Crippen molar-refractivity contribution in [3.05, 3.63) is 47.4 Å². The van der Waals surface area contributed by atoms with Crippen molar-refractivity contribution < 1.29 is 4.79 Å². The van der Waals surface area contributed by atoms with Gasteiger partial charge < -0.3 is 5.32 Å². The fourth-order valence-corrected chi connectivity index (χ4v) is 3.26. The molecular formula is C16H17N3OS. The van der Waals surface area contributed by atoms with Crippen molar-refractivity contribution in [1.82, 2.24) is 9.97 Å². The van der Waals surface area contributed by atoms with E-state index in [0.717, 1.165) is 41.2 Å². The van der Waals surface area contributed by atoms with E-state index in [1.165, 1.54) is 6.33 Å². The molecule has 1 aliphatic carbocycles. The molecule has 0 radical (unpaired) electrons. The van der Waals surface area contributed by atoms with Crippen LogP contribution in [0.2, 0.25) is 0 Å². The minimum atomic E-state index is -0.110. The average molecular weight is 299 g/mol. The molecule has 0 bridgehead atoms. The van der Waals surface area contributed by atoms with E-state index in [2.05, 4.69) is 22.2 Å². The number of aryl methyl sites for hydroxylation is 1. The Balaban J connectivity index is 1.81. The Bertz CT molecular complexity index is 672. The molecule has 0 spiro atoms. The predicted molar refractivity (Wildman–Crippen MR) is 84.9 cm³/mol. The summed E-state index contributed by atoms with van der Waals surface area (Å²) in [6.45, 7) is 2.10. The maximum atomic E-state index is 12.4. The Kier molecular flexibility index (Phi) is 4.20. The summed E-state index contributed by atoms with van der Waals surface area (Å²) >= 11 is 1.73. The molecule has 1 aliphatic rings. The van der Waals surface area contributed by atoms with Gasteiger partial charge in [-0.3, -0.25) is 4.79 Å². The summed E-state index contributed by atoms with van der Waals surface area (Å²) in [5.41, 5.74) is 2.82. The van der Waals surface area contributed by atoms with Gasteiger partial charge in [0.1, 0.15) is 12.1 Å². The first kappa shape index (κ1) is 14.1. The molecule has 5 heteroatoms. The second-order valence-corrected chi connectivity index (χ2v) is 6.25. The zero-order chi connectivity index (χ0) is 14.7. The van der Waals surface area contributed by atoms with Crippen molar-refractivity contribution >= 4 is 23.5 Å². The third-order valence-electron chi connectivity index (χ3n) is 3.51. The monoisotopic (exact) mass is 299 g/mol. The van der Waals surface area contributed by atoms with Crippen LogP contribution < -0.4 is 5.32 Å². The van der Waals surface area contributed by atoms with Gasteiger partial charge in [-0.2, -0.15) is 0 Å². The summed E-state index contributed by atoms with van der Waals surface area (Å²) in [6.07, 6.45) is 4.53. The van der Waals surface area contributed by atoms with Gasteiger partial charge in [0.05, 0.1) is 0 Å². The molecule has 0 aliphatic heterocycles. The highest BCUT2D eigenvalue weighted by Crippen LogP contribution is 2.25. The molecule has 0 fully saturated rings. The molecule has 1 aromatic carbocycles. The molecule has 1 N–H and O–H groups in total. The minimum absolute atomic E-state index is 0.110. The van der Waals surface area contributed by atoms with Crippen LogP contribution in [0.3, 0.4) is 0 Å². The maximum absolute atomic E-state index is 12.4. The summed E-state index contributed by atoms with van der Waals surface area (Å²) in [5, 5.41) is 2.93. The molecule has 4 nitrogen and oxygen atoms in total. The van der Waals surface area contributed by atoms with Gasteiger partial charge in [0.25, 0.3) is 5.91 Å². The van der Waals surface area contributed by atoms with E-state index in [4.69, 9.17) is 0 Å². The number of hydrogen-bond donors (Lipinski definition) is 1. The molecule has 0 saturated heterocycles. The number of carbonyl (C=O) groups excluding carboxylic acids is 1. The van der Waals surface area contributed by atoms with Gasteiger partial charge in [0.15, 0.2) is 0 Å². The number of aromatic nitrogens is 2. The number of benzene rings is 1. The summed E-state index contributed by atoms with van der Waals surface area (Å²) in [7, 11) is 0. The Morgan fingerprint density at radius 3 is 3.10 bits per heavy atom. The first-order chi connectivity index (χ1) is 10.3. The lowest BCUT2D eigenvalue weighted by Gasteiger charge is -2.09. The summed E-state index contributed by atoms with van der Waals surface area (Å²) in [6, 6.07) is 7.69. The molecule has 1 heterocycles. The Morgan fingerprint density at radius 1 is 1.33 bits per heavy atom. The Morgan fingerprint density at radius 2 is 2.24 bits per heavy atom. The topological polar surface area (TPSA) is 54.9 Å². The Hall–Kier alpha value is -1.88. The fraction of sp³-hybridized carbons (Fsp3) is 0.312. The maximum Gasteiger partial charge on any atom is 0.256 e.